The van der Waals surface area contributed by atoms with Gasteiger partial charge in [-0.05, 0) is 19.8 Å². The lowest BCUT2D eigenvalue weighted by molar-refractivity contribution is -0.341. The SMILES string of the molecule is CC(CCn1nc(C(F)(F)F)c2c1CCC(F)(F)C2O)OC(F)(F)F. The largest absolute Gasteiger partial charge is 0.522 e. The van der Waals surface area contributed by atoms with Gasteiger partial charge >= 0.3 is 12.5 Å². The Labute approximate surface area is 136 Å². The average Bonchev–Trinajstić information content (AvgIpc) is 2.78. The smallest absolute Gasteiger partial charge is 0.382 e. The van der Waals surface area contributed by atoms with E-state index in [1.807, 2.05) is 0 Å². The molecule has 1 aliphatic rings. The summed E-state index contributed by atoms with van der Waals surface area (Å²) in [5.74, 6) is -3.74. The van der Waals surface area contributed by atoms with Crippen molar-refractivity contribution in [3.63, 3.8) is 0 Å². The summed E-state index contributed by atoms with van der Waals surface area (Å²) in [6.45, 7) is 0.658. The lowest BCUT2D eigenvalue weighted by Gasteiger charge is -2.28. The Hall–Kier alpha value is -1.43. The summed E-state index contributed by atoms with van der Waals surface area (Å²) < 4.78 is 107. The molecule has 1 aromatic heterocycles. The van der Waals surface area contributed by atoms with E-state index < -0.39 is 61.3 Å². The summed E-state index contributed by atoms with van der Waals surface area (Å²) in [5.41, 5.74) is -2.93. The Balaban J connectivity index is 2.29. The van der Waals surface area contributed by atoms with E-state index in [-0.39, 0.29) is 12.1 Å². The average molecular weight is 382 g/mol. The molecule has 1 aliphatic carbocycles. The van der Waals surface area contributed by atoms with E-state index in [9.17, 15) is 40.2 Å². The number of aromatic nitrogens is 2. The van der Waals surface area contributed by atoms with Gasteiger partial charge in [0.05, 0.1) is 6.10 Å². The standard InChI is InChI=1S/C13H14F8N2O2/c1-6(25-13(19,20)21)3-5-23-7-2-4-11(14,15)10(24)8(7)9(22-23)12(16,17)18/h6,10,24H,2-5H2,1H3. The summed E-state index contributed by atoms with van der Waals surface area (Å²) >= 11 is 0. The maximum atomic E-state index is 13.6. The second-order valence-corrected chi connectivity index (χ2v) is 5.76. The van der Waals surface area contributed by atoms with Crippen molar-refractivity contribution in [3.05, 3.63) is 17.0 Å². The lowest BCUT2D eigenvalue weighted by Crippen LogP contribution is -2.33. The fourth-order valence-electron chi connectivity index (χ4n) is 2.68. The van der Waals surface area contributed by atoms with Crippen LogP contribution in [0.15, 0.2) is 0 Å². The van der Waals surface area contributed by atoms with Crippen molar-refractivity contribution in [1.29, 1.82) is 0 Å². The fourth-order valence-corrected chi connectivity index (χ4v) is 2.68. The van der Waals surface area contributed by atoms with E-state index in [2.05, 4.69) is 9.84 Å². The molecule has 4 nitrogen and oxygen atoms in total. The van der Waals surface area contributed by atoms with Crippen molar-refractivity contribution < 1.29 is 45.0 Å². The van der Waals surface area contributed by atoms with Gasteiger partial charge < -0.3 is 5.11 Å². The first-order valence-electron chi connectivity index (χ1n) is 7.19. The first-order chi connectivity index (χ1) is 11.2. The second-order valence-electron chi connectivity index (χ2n) is 5.76. The lowest BCUT2D eigenvalue weighted by atomic mass is 9.89. The van der Waals surface area contributed by atoms with E-state index in [1.54, 1.807) is 0 Å². The number of aliphatic hydroxyl groups excluding tert-OH is 1. The summed E-state index contributed by atoms with van der Waals surface area (Å²) in [6.07, 6.45) is -15.8. The maximum absolute atomic E-state index is 13.6. The van der Waals surface area contributed by atoms with Crippen molar-refractivity contribution >= 4 is 0 Å². The molecule has 0 spiro atoms. The maximum Gasteiger partial charge on any atom is 0.522 e. The third kappa shape index (κ3) is 4.40. The summed E-state index contributed by atoms with van der Waals surface area (Å²) in [6, 6.07) is 0. The Bertz CT molecular complexity index is 623. The summed E-state index contributed by atoms with van der Waals surface area (Å²) in [4.78, 5) is 0. The summed E-state index contributed by atoms with van der Waals surface area (Å²) in [7, 11) is 0. The van der Waals surface area contributed by atoms with Crippen LogP contribution in [-0.4, -0.2) is 33.3 Å². The van der Waals surface area contributed by atoms with Crippen LogP contribution >= 0.6 is 0 Å². The van der Waals surface area contributed by atoms with Gasteiger partial charge in [0.15, 0.2) is 5.69 Å². The zero-order valence-corrected chi connectivity index (χ0v) is 12.8. The van der Waals surface area contributed by atoms with E-state index in [4.69, 9.17) is 0 Å². The van der Waals surface area contributed by atoms with Crippen LogP contribution in [0.1, 0.15) is 42.8 Å². The molecule has 1 N–H and O–H groups in total. The van der Waals surface area contributed by atoms with Gasteiger partial charge in [-0.15, -0.1) is 13.2 Å². The zero-order valence-electron chi connectivity index (χ0n) is 12.8. The van der Waals surface area contributed by atoms with Gasteiger partial charge in [-0.3, -0.25) is 9.42 Å². The molecule has 0 amide bonds. The second kappa shape index (κ2) is 6.38. The minimum atomic E-state index is -5.09. The molecular formula is C13H14F8N2O2. The quantitative estimate of drug-likeness (QED) is 0.806. The molecule has 0 saturated heterocycles. The molecule has 2 unspecified atom stereocenters. The molecule has 1 aromatic rings. The highest BCUT2D eigenvalue weighted by Crippen LogP contribution is 2.46. The van der Waals surface area contributed by atoms with Crippen LogP contribution in [0.25, 0.3) is 0 Å². The topological polar surface area (TPSA) is 47.3 Å². The normalized spacial score (nSPS) is 21.9. The number of hydrogen-bond acceptors (Lipinski definition) is 3. The Morgan fingerprint density at radius 3 is 2.40 bits per heavy atom. The molecule has 144 valence electrons. The highest BCUT2D eigenvalue weighted by atomic mass is 19.4. The first-order valence-corrected chi connectivity index (χ1v) is 7.19. The predicted molar refractivity (Wildman–Crippen MR) is 66.7 cm³/mol. The molecule has 0 aromatic carbocycles. The third-order valence-electron chi connectivity index (χ3n) is 3.82. The van der Waals surface area contributed by atoms with E-state index >= 15 is 0 Å². The molecule has 2 rings (SSSR count). The van der Waals surface area contributed by atoms with Gasteiger partial charge in [-0.2, -0.15) is 18.3 Å². The van der Waals surface area contributed by atoms with Crippen LogP contribution in [0.2, 0.25) is 0 Å². The van der Waals surface area contributed by atoms with Crippen molar-refractivity contribution in [2.45, 2.75) is 63.4 Å². The number of halogens is 8. The van der Waals surface area contributed by atoms with Crippen LogP contribution in [-0.2, 0) is 23.9 Å². The number of aliphatic hydroxyl groups is 1. The number of rotatable bonds is 4. The minimum Gasteiger partial charge on any atom is -0.382 e. The van der Waals surface area contributed by atoms with Crippen molar-refractivity contribution in [1.82, 2.24) is 9.78 Å². The minimum absolute atomic E-state index is 0.259. The van der Waals surface area contributed by atoms with Crippen molar-refractivity contribution in [3.8, 4) is 0 Å². The molecule has 0 saturated carbocycles. The first kappa shape index (κ1) is 19.9. The van der Waals surface area contributed by atoms with Crippen LogP contribution < -0.4 is 0 Å². The molecule has 12 heteroatoms. The highest BCUT2D eigenvalue weighted by molar-refractivity contribution is 5.35. The van der Waals surface area contributed by atoms with E-state index in [1.165, 1.54) is 0 Å². The monoisotopic (exact) mass is 382 g/mol. The fraction of sp³-hybridized carbons (Fsp3) is 0.769. The van der Waals surface area contributed by atoms with Gasteiger partial charge in [0.25, 0.3) is 5.92 Å². The number of fused-ring (bicyclic) bond motifs is 1. The third-order valence-corrected chi connectivity index (χ3v) is 3.82. The molecule has 0 fully saturated rings. The van der Waals surface area contributed by atoms with Gasteiger partial charge in [0, 0.05) is 24.2 Å². The highest BCUT2D eigenvalue weighted by Gasteiger charge is 2.51. The number of hydrogen-bond donors (Lipinski definition) is 1. The van der Waals surface area contributed by atoms with Crippen molar-refractivity contribution in [2.75, 3.05) is 0 Å². The number of alkyl halides is 8. The van der Waals surface area contributed by atoms with E-state index in [0.29, 0.717) is 4.68 Å². The molecule has 0 aliphatic heterocycles. The van der Waals surface area contributed by atoms with Gasteiger partial charge in [0.1, 0.15) is 6.10 Å². The number of ether oxygens (including phenoxy) is 1. The van der Waals surface area contributed by atoms with Crippen LogP contribution in [0.4, 0.5) is 35.1 Å². The molecule has 25 heavy (non-hydrogen) atoms. The van der Waals surface area contributed by atoms with Crippen LogP contribution in [0.5, 0.6) is 0 Å². The van der Waals surface area contributed by atoms with Gasteiger partial charge in [0.2, 0.25) is 0 Å². The van der Waals surface area contributed by atoms with E-state index in [0.717, 1.165) is 6.92 Å². The Kier molecular flexibility index (Phi) is 5.08. The summed E-state index contributed by atoms with van der Waals surface area (Å²) in [5, 5.41) is 12.8. The van der Waals surface area contributed by atoms with Crippen LogP contribution in [0, 0.1) is 0 Å². The molecule has 2 atom stereocenters. The predicted octanol–water partition coefficient (Wildman–Crippen LogP) is 3.83. The number of aryl methyl sites for hydroxylation is 1. The zero-order chi connectivity index (χ0) is 19.2. The van der Waals surface area contributed by atoms with Gasteiger partial charge in [-0.25, -0.2) is 8.78 Å². The molecular weight excluding hydrogens is 368 g/mol. The number of nitrogens with zero attached hydrogens (tertiary/aromatic N) is 2. The Morgan fingerprint density at radius 2 is 1.88 bits per heavy atom. The Morgan fingerprint density at radius 1 is 1.28 bits per heavy atom. The van der Waals surface area contributed by atoms with Crippen LogP contribution in [0.3, 0.4) is 0 Å². The molecule has 0 radical (unpaired) electrons. The molecule has 0 bridgehead atoms. The van der Waals surface area contributed by atoms with Gasteiger partial charge in [-0.1, -0.05) is 0 Å². The van der Waals surface area contributed by atoms with Crippen molar-refractivity contribution in [2.24, 2.45) is 0 Å². The molecule has 1 heterocycles.